The predicted molar refractivity (Wildman–Crippen MR) is 102 cm³/mol. The molecule has 0 spiro atoms. The Balaban J connectivity index is 1.48. The van der Waals surface area contributed by atoms with Crippen molar-refractivity contribution in [2.24, 2.45) is 0 Å². The summed E-state index contributed by atoms with van der Waals surface area (Å²) in [6.07, 6.45) is 2.93. The van der Waals surface area contributed by atoms with E-state index in [1.165, 1.54) is 17.3 Å². The van der Waals surface area contributed by atoms with E-state index in [9.17, 15) is 4.39 Å². The normalized spacial score (nSPS) is 13.9. The van der Waals surface area contributed by atoms with Crippen LogP contribution in [0.5, 0.6) is 0 Å². The third kappa shape index (κ3) is 2.92. The van der Waals surface area contributed by atoms with Crippen LogP contribution in [-0.4, -0.2) is 32.1 Å². The molecule has 0 unspecified atom stereocenters. The number of halogens is 1. The number of anilines is 2. The zero-order chi connectivity index (χ0) is 18.4. The van der Waals surface area contributed by atoms with Gasteiger partial charge in [-0.25, -0.2) is 14.4 Å². The number of benzene rings is 2. The van der Waals surface area contributed by atoms with Gasteiger partial charge < -0.3 is 5.32 Å². The lowest BCUT2D eigenvalue weighted by molar-refractivity contribution is 0.353. The first-order chi connectivity index (χ1) is 13.2. The van der Waals surface area contributed by atoms with Crippen molar-refractivity contribution in [2.45, 2.75) is 13.1 Å². The molecule has 2 N–H and O–H groups in total. The van der Waals surface area contributed by atoms with Crippen LogP contribution >= 0.6 is 0 Å². The second-order valence-corrected chi connectivity index (χ2v) is 6.84. The highest BCUT2D eigenvalue weighted by Gasteiger charge is 2.17. The number of H-pyrrole nitrogens is 1. The quantitative estimate of drug-likeness (QED) is 0.581. The molecule has 4 aromatic rings. The molecule has 5 rings (SSSR count). The van der Waals surface area contributed by atoms with Gasteiger partial charge in [0.15, 0.2) is 17.5 Å². The molecule has 0 atom stereocenters. The van der Waals surface area contributed by atoms with Gasteiger partial charge in [0.1, 0.15) is 0 Å². The number of hydrogen-bond acceptors (Lipinski definition) is 5. The first-order valence-corrected chi connectivity index (χ1v) is 8.69. The number of rotatable bonds is 3. The number of nitrogens with one attached hydrogen (secondary N) is 2. The fourth-order valence-electron chi connectivity index (χ4n) is 3.46. The minimum atomic E-state index is -0.494. The van der Waals surface area contributed by atoms with E-state index < -0.39 is 5.82 Å². The average molecular weight is 360 g/mol. The van der Waals surface area contributed by atoms with Gasteiger partial charge in [0.25, 0.3) is 0 Å². The summed E-state index contributed by atoms with van der Waals surface area (Å²) >= 11 is 0. The lowest BCUT2D eigenvalue weighted by Gasteiger charge is -2.09. The van der Waals surface area contributed by atoms with E-state index >= 15 is 0 Å². The van der Waals surface area contributed by atoms with E-state index in [0.717, 1.165) is 35.2 Å². The lowest BCUT2D eigenvalue weighted by Crippen LogP contribution is -2.07. The van der Waals surface area contributed by atoms with Gasteiger partial charge in [0.2, 0.25) is 0 Å². The summed E-state index contributed by atoms with van der Waals surface area (Å²) in [5.41, 5.74) is 5.13. The van der Waals surface area contributed by atoms with Gasteiger partial charge in [-0.05, 0) is 42.4 Å². The van der Waals surface area contributed by atoms with Crippen LogP contribution in [0.4, 0.5) is 15.9 Å². The largest absolute Gasteiger partial charge is 0.338 e. The third-order valence-corrected chi connectivity index (χ3v) is 4.79. The summed E-state index contributed by atoms with van der Waals surface area (Å²) in [6.45, 7) is 1.85. The number of aromatic nitrogens is 4. The molecule has 1 aliphatic rings. The van der Waals surface area contributed by atoms with E-state index in [1.807, 2.05) is 24.3 Å². The molecule has 0 aliphatic carbocycles. The van der Waals surface area contributed by atoms with Crippen LogP contribution in [0.25, 0.3) is 22.3 Å². The number of nitrogens with zero attached hydrogens (tertiary/aromatic N) is 4. The van der Waals surface area contributed by atoms with Crippen molar-refractivity contribution in [3.8, 4) is 11.4 Å². The fraction of sp³-hybridized carbons (Fsp3) is 0.150. The summed E-state index contributed by atoms with van der Waals surface area (Å²) in [4.78, 5) is 10.8. The fourth-order valence-corrected chi connectivity index (χ4v) is 3.46. The molecular formula is C20H17FN6. The molecule has 2 aromatic heterocycles. The Morgan fingerprint density at radius 3 is 2.89 bits per heavy atom. The maximum atomic E-state index is 14.3. The van der Waals surface area contributed by atoms with Gasteiger partial charge in [-0.1, -0.05) is 12.1 Å². The Kier molecular flexibility index (Phi) is 3.61. The smallest absolute Gasteiger partial charge is 0.184 e. The molecule has 0 fully saturated rings. The van der Waals surface area contributed by atoms with Crippen molar-refractivity contribution < 1.29 is 4.39 Å². The van der Waals surface area contributed by atoms with Crippen LogP contribution < -0.4 is 5.32 Å². The Morgan fingerprint density at radius 2 is 1.96 bits per heavy atom. The Morgan fingerprint density at radius 1 is 1.07 bits per heavy atom. The molecular weight excluding hydrogens is 343 g/mol. The van der Waals surface area contributed by atoms with E-state index in [4.69, 9.17) is 0 Å². The van der Waals surface area contributed by atoms with Crippen molar-refractivity contribution in [3.05, 3.63) is 65.7 Å². The van der Waals surface area contributed by atoms with Crippen molar-refractivity contribution in [1.82, 2.24) is 25.1 Å². The van der Waals surface area contributed by atoms with Crippen LogP contribution in [0, 0.1) is 5.82 Å². The highest BCUT2D eigenvalue weighted by molar-refractivity contribution is 5.82. The molecule has 0 bridgehead atoms. The molecule has 0 saturated carbocycles. The van der Waals surface area contributed by atoms with Crippen LogP contribution in [0.3, 0.4) is 0 Å². The highest BCUT2D eigenvalue weighted by Crippen LogP contribution is 2.28. The maximum Gasteiger partial charge on any atom is 0.184 e. The average Bonchev–Trinajstić information content (AvgIpc) is 3.27. The lowest BCUT2D eigenvalue weighted by atomic mass is 10.1. The molecule has 2 aromatic carbocycles. The first-order valence-electron chi connectivity index (χ1n) is 8.69. The SMILES string of the molecule is CN1Cc2ccc(-c3ncc(F)c(Nc4ccc5[nH]ncc5c4)n3)cc2C1. The van der Waals surface area contributed by atoms with Crippen molar-refractivity contribution in [1.29, 1.82) is 0 Å². The van der Waals surface area contributed by atoms with Gasteiger partial charge in [-0.3, -0.25) is 10.00 Å². The Bertz CT molecular complexity index is 1150. The van der Waals surface area contributed by atoms with Crippen molar-refractivity contribution >= 4 is 22.4 Å². The predicted octanol–water partition coefficient (Wildman–Crippen LogP) is 3.85. The second kappa shape index (κ2) is 6.14. The summed E-state index contributed by atoms with van der Waals surface area (Å²) in [5.74, 6) is 0.160. The molecule has 3 heterocycles. The summed E-state index contributed by atoms with van der Waals surface area (Å²) in [7, 11) is 2.09. The van der Waals surface area contributed by atoms with Gasteiger partial charge in [-0.2, -0.15) is 5.10 Å². The van der Waals surface area contributed by atoms with Crippen LogP contribution in [0.15, 0.2) is 48.8 Å². The second-order valence-electron chi connectivity index (χ2n) is 6.84. The molecule has 7 heteroatoms. The monoisotopic (exact) mass is 360 g/mol. The summed E-state index contributed by atoms with van der Waals surface area (Å²) in [6, 6.07) is 11.8. The van der Waals surface area contributed by atoms with Gasteiger partial charge >= 0.3 is 0 Å². The molecule has 0 amide bonds. The topological polar surface area (TPSA) is 69.7 Å². The van der Waals surface area contributed by atoms with Crippen molar-refractivity contribution in [2.75, 3.05) is 12.4 Å². The molecule has 6 nitrogen and oxygen atoms in total. The first kappa shape index (κ1) is 15.9. The molecule has 1 aliphatic heterocycles. The Hall–Kier alpha value is -3.32. The molecule has 0 radical (unpaired) electrons. The van der Waals surface area contributed by atoms with Gasteiger partial charge in [0, 0.05) is 29.7 Å². The standard InChI is InChI=1S/C20H17FN6/c1-27-10-13-3-2-12(6-15(13)11-27)19-22-9-17(21)20(25-19)24-16-4-5-18-14(7-16)8-23-26-18/h2-9H,10-11H2,1H3,(H,23,26)(H,22,24,25). The molecule has 0 saturated heterocycles. The zero-order valence-corrected chi connectivity index (χ0v) is 14.7. The third-order valence-electron chi connectivity index (χ3n) is 4.79. The number of fused-ring (bicyclic) bond motifs is 2. The van der Waals surface area contributed by atoms with Crippen LogP contribution in [0.1, 0.15) is 11.1 Å². The molecule has 134 valence electrons. The highest BCUT2D eigenvalue weighted by atomic mass is 19.1. The minimum absolute atomic E-state index is 0.153. The molecule has 27 heavy (non-hydrogen) atoms. The van der Waals surface area contributed by atoms with E-state index in [-0.39, 0.29) is 5.82 Å². The van der Waals surface area contributed by atoms with E-state index in [0.29, 0.717) is 5.82 Å². The summed E-state index contributed by atoms with van der Waals surface area (Å²) < 4.78 is 14.3. The van der Waals surface area contributed by atoms with E-state index in [2.05, 4.69) is 49.6 Å². The number of hydrogen-bond donors (Lipinski definition) is 2. The Labute approximate surface area is 155 Å². The summed E-state index contributed by atoms with van der Waals surface area (Å²) in [5, 5.41) is 10.9. The van der Waals surface area contributed by atoms with Gasteiger partial charge in [0.05, 0.1) is 17.9 Å². The van der Waals surface area contributed by atoms with Crippen LogP contribution in [0.2, 0.25) is 0 Å². The van der Waals surface area contributed by atoms with Crippen molar-refractivity contribution in [3.63, 3.8) is 0 Å². The number of aromatic amines is 1. The van der Waals surface area contributed by atoms with E-state index in [1.54, 1.807) is 6.20 Å². The zero-order valence-electron chi connectivity index (χ0n) is 14.7. The maximum absolute atomic E-state index is 14.3. The van der Waals surface area contributed by atoms with Crippen LogP contribution in [-0.2, 0) is 13.1 Å². The van der Waals surface area contributed by atoms with Gasteiger partial charge in [-0.15, -0.1) is 0 Å². The minimum Gasteiger partial charge on any atom is -0.338 e.